The number of aromatic nitrogens is 1. The van der Waals surface area contributed by atoms with Crippen LogP contribution in [0.4, 0.5) is 0 Å². The lowest BCUT2D eigenvalue weighted by atomic mass is 10.5. The highest BCUT2D eigenvalue weighted by Crippen LogP contribution is 2.02. The summed E-state index contributed by atoms with van der Waals surface area (Å²) in [7, 11) is -0.0198. The summed E-state index contributed by atoms with van der Waals surface area (Å²) in [6.07, 6.45) is 1.52. The van der Waals surface area contributed by atoms with Gasteiger partial charge >= 0.3 is 0 Å². The van der Waals surface area contributed by atoms with Crippen molar-refractivity contribution in [3.8, 4) is 0 Å². The summed E-state index contributed by atoms with van der Waals surface area (Å²) in [6, 6.07) is 3.19. The fourth-order valence-corrected chi connectivity index (χ4v) is 1.00. The molecule has 0 saturated heterocycles. The van der Waals surface area contributed by atoms with Crippen LogP contribution in [0, 0.1) is 0 Å². The summed E-state index contributed by atoms with van der Waals surface area (Å²) in [5.74, 6) is 0. The molecule has 1 aromatic heterocycles. The van der Waals surface area contributed by atoms with Crippen molar-refractivity contribution in [1.82, 2.24) is 4.98 Å². The molecule has 0 radical (unpaired) electrons. The maximum Gasteiger partial charge on any atom is 0.192 e. The first kappa shape index (κ1) is 6.66. The molecule has 0 spiro atoms. The van der Waals surface area contributed by atoms with E-state index in [0.717, 1.165) is 0 Å². The molecular formula is C5H3ClNOP. The predicted octanol–water partition coefficient (Wildman–Crippen LogP) is 1.65. The Balaban J connectivity index is 3.07. The van der Waals surface area contributed by atoms with Gasteiger partial charge in [0.05, 0.1) is 0 Å². The normalized spacial score (nSPS) is 9.89. The summed E-state index contributed by atoms with van der Waals surface area (Å²) >= 11 is 5.47. The van der Waals surface area contributed by atoms with Crippen molar-refractivity contribution >= 4 is 25.4 Å². The van der Waals surface area contributed by atoms with Crippen LogP contribution >= 0.6 is 20.1 Å². The first-order chi connectivity index (χ1) is 4.33. The van der Waals surface area contributed by atoms with Gasteiger partial charge in [-0.05, 0) is 12.1 Å². The van der Waals surface area contributed by atoms with E-state index >= 15 is 0 Å². The zero-order valence-corrected chi connectivity index (χ0v) is 6.06. The van der Waals surface area contributed by atoms with Crippen LogP contribution in [0.1, 0.15) is 0 Å². The van der Waals surface area contributed by atoms with Gasteiger partial charge in [0.1, 0.15) is 5.15 Å². The molecule has 0 fully saturated rings. The summed E-state index contributed by atoms with van der Waals surface area (Å²) < 4.78 is 10.2. The van der Waals surface area contributed by atoms with Crippen molar-refractivity contribution in [2.75, 3.05) is 0 Å². The minimum atomic E-state index is -0.0198. The number of hydrogen-bond acceptors (Lipinski definition) is 2. The van der Waals surface area contributed by atoms with Crippen LogP contribution < -0.4 is 5.30 Å². The summed E-state index contributed by atoms with van der Waals surface area (Å²) in [5.41, 5.74) is 0. The molecule has 0 unspecified atom stereocenters. The first-order valence-corrected chi connectivity index (χ1v) is 3.47. The molecule has 0 amide bonds. The molecule has 1 aromatic rings. The highest BCUT2D eigenvalue weighted by molar-refractivity contribution is 7.34. The van der Waals surface area contributed by atoms with Gasteiger partial charge in [-0.1, -0.05) is 11.6 Å². The molecule has 1 heterocycles. The van der Waals surface area contributed by atoms with Crippen LogP contribution in [0.15, 0.2) is 18.3 Å². The van der Waals surface area contributed by atoms with Gasteiger partial charge in [-0.2, -0.15) is 0 Å². The Bertz CT molecular complexity index is 228. The van der Waals surface area contributed by atoms with E-state index in [1.54, 1.807) is 12.1 Å². The van der Waals surface area contributed by atoms with Crippen molar-refractivity contribution in [2.24, 2.45) is 0 Å². The number of rotatable bonds is 1. The Morgan fingerprint density at radius 1 is 1.67 bits per heavy atom. The van der Waals surface area contributed by atoms with E-state index in [4.69, 9.17) is 11.6 Å². The van der Waals surface area contributed by atoms with Crippen LogP contribution in [-0.4, -0.2) is 4.98 Å². The number of halogens is 1. The largest absolute Gasteiger partial charge is 0.269 e. The molecular weight excluding hydrogens is 156 g/mol. The molecule has 2 nitrogen and oxygen atoms in total. The lowest BCUT2D eigenvalue weighted by Crippen LogP contribution is -1.89. The number of nitrogens with zero attached hydrogens (tertiary/aromatic N) is 1. The van der Waals surface area contributed by atoms with Gasteiger partial charge < -0.3 is 0 Å². The van der Waals surface area contributed by atoms with E-state index in [2.05, 4.69) is 4.98 Å². The molecule has 4 heteroatoms. The summed E-state index contributed by atoms with van der Waals surface area (Å²) in [6.45, 7) is 0. The van der Waals surface area contributed by atoms with E-state index < -0.39 is 0 Å². The molecule has 0 atom stereocenters. The Hall–Kier alpha value is -0.460. The fraction of sp³-hybridized carbons (Fsp3) is 0. The van der Waals surface area contributed by atoms with E-state index in [0.29, 0.717) is 10.5 Å². The SMILES string of the molecule is O=Pc1ccnc(Cl)c1. The minimum absolute atomic E-state index is 0.0198. The maximum atomic E-state index is 10.2. The first-order valence-electron chi connectivity index (χ1n) is 2.28. The maximum absolute atomic E-state index is 10.2. The fourth-order valence-electron chi connectivity index (χ4n) is 0.449. The molecule has 46 valence electrons. The van der Waals surface area contributed by atoms with E-state index in [1.807, 2.05) is 0 Å². The van der Waals surface area contributed by atoms with Crippen LogP contribution in [0.25, 0.3) is 0 Å². The lowest BCUT2D eigenvalue weighted by molar-refractivity contribution is 0.603. The molecule has 0 aliphatic heterocycles. The zero-order valence-electron chi connectivity index (χ0n) is 4.41. The molecule has 0 aromatic carbocycles. The molecule has 0 N–H and O–H groups in total. The second-order valence-corrected chi connectivity index (χ2v) is 2.51. The quantitative estimate of drug-likeness (QED) is 0.461. The van der Waals surface area contributed by atoms with Crippen LogP contribution in [-0.2, 0) is 4.57 Å². The Morgan fingerprint density at radius 3 is 2.89 bits per heavy atom. The number of pyridine rings is 1. The lowest BCUT2D eigenvalue weighted by Gasteiger charge is -1.86. The molecule has 0 aliphatic carbocycles. The van der Waals surface area contributed by atoms with Crippen LogP contribution in [0.5, 0.6) is 0 Å². The highest BCUT2D eigenvalue weighted by atomic mass is 35.5. The Labute approximate surface area is 59.1 Å². The van der Waals surface area contributed by atoms with Crippen molar-refractivity contribution in [3.63, 3.8) is 0 Å². The molecule has 0 aliphatic rings. The van der Waals surface area contributed by atoms with Gasteiger partial charge in [-0.15, -0.1) is 0 Å². The molecule has 1 rings (SSSR count). The van der Waals surface area contributed by atoms with Crippen LogP contribution in [0.3, 0.4) is 0 Å². The molecule has 0 bridgehead atoms. The average Bonchev–Trinajstić information content (AvgIpc) is 1.88. The van der Waals surface area contributed by atoms with Gasteiger partial charge in [0, 0.05) is 11.5 Å². The van der Waals surface area contributed by atoms with Gasteiger partial charge in [-0.3, -0.25) is 4.57 Å². The topological polar surface area (TPSA) is 30.0 Å². The number of hydrogen-bond donors (Lipinski definition) is 0. The van der Waals surface area contributed by atoms with Gasteiger partial charge in [0.2, 0.25) is 0 Å². The predicted molar refractivity (Wildman–Crippen MR) is 36.5 cm³/mol. The van der Waals surface area contributed by atoms with E-state index in [-0.39, 0.29) is 8.46 Å². The summed E-state index contributed by atoms with van der Waals surface area (Å²) in [4.78, 5) is 3.71. The second-order valence-electron chi connectivity index (χ2n) is 1.43. The molecule has 9 heavy (non-hydrogen) atoms. The highest BCUT2D eigenvalue weighted by Gasteiger charge is 1.90. The van der Waals surface area contributed by atoms with E-state index in [1.165, 1.54) is 6.20 Å². The van der Waals surface area contributed by atoms with Crippen molar-refractivity contribution in [3.05, 3.63) is 23.5 Å². The van der Waals surface area contributed by atoms with Crippen molar-refractivity contribution in [2.45, 2.75) is 0 Å². The third-order valence-electron chi connectivity index (χ3n) is 0.816. The van der Waals surface area contributed by atoms with Gasteiger partial charge in [0.15, 0.2) is 8.46 Å². The third-order valence-corrected chi connectivity index (χ3v) is 1.51. The average molecular weight is 160 g/mol. The summed E-state index contributed by atoms with van der Waals surface area (Å²) in [5, 5.41) is 1.02. The second kappa shape index (κ2) is 2.90. The van der Waals surface area contributed by atoms with Crippen molar-refractivity contribution < 1.29 is 4.57 Å². The standard InChI is InChI=1S/C5H3ClNOP/c6-5-3-4(9-8)1-2-7-5/h1-3H. The van der Waals surface area contributed by atoms with Crippen LogP contribution in [0.2, 0.25) is 5.15 Å². The third kappa shape index (κ3) is 1.74. The minimum Gasteiger partial charge on any atom is -0.269 e. The zero-order chi connectivity index (χ0) is 6.69. The monoisotopic (exact) mass is 159 g/mol. The van der Waals surface area contributed by atoms with Crippen molar-refractivity contribution in [1.29, 1.82) is 0 Å². The smallest absolute Gasteiger partial charge is 0.192 e. The Morgan fingerprint density at radius 2 is 2.44 bits per heavy atom. The molecule has 0 saturated carbocycles. The Kier molecular flexibility index (Phi) is 2.15. The van der Waals surface area contributed by atoms with Gasteiger partial charge in [0.25, 0.3) is 0 Å². The van der Waals surface area contributed by atoms with Gasteiger partial charge in [-0.25, -0.2) is 4.98 Å². The van der Waals surface area contributed by atoms with E-state index in [9.17, 15) is 4.57 Å².